The molecule has 0 amide bonds. The van der Waals surface area contributed by atoms with Gasteiger partial charge in [0.15, 0.2) is 5.75 Å². The van der Waals surface area contributed by atoms with Gasteiger partial charge in [0.2, 0.25) is 5.75 Å². The highest BCUT2D eigenvalue weighted by Crippen LogP contribution is 2.34. The number of hydrogen-bond donors (Lipinski definition) is 1. The van der Waals surface area contributed by atoms with Crippen LogP contribution in [0.15, 0.2) is 23.0 Å². The molecular formula is C21H32N2O3. The van der Waals surface area contributed by atoms with Crippen LogP contribution in [-0.2, 0) is 6.54 Å². The first-order chi connectivity index (χ1) is 12.6. The normalized spacial score (nSPS) is 11.0. The lowest BCUT2D eigenvalue weighted by Gasteiger charge is -2.18. The molecule has 1 heterocycles. The van der Waals surface area contributed by atoms with E-state index in [1.807, 2.05) is 25.1 Å². The number of hydrogen-bond acceptors (Lipinski definition) is 4. The molecule has 0 saturated carbocycles. The topological polar surface area (TPSA) is 66.5 Å². The van der Waals surface area contributed by atoms with E-state index in [9.17, 15) is 4.79 Å². The van der Waals surface area contributed by atoms with Crippen LogP contribution in [0.2, 0.25) is 0 Å². The zero-order valence-corrected chi connectivity index (χ0v) is 16.3. The van der Waals surface area contributed by atoms with E-state index in [-0.39, 0.29) is 5.56 Å². The zero-order valence-electron chi connectivity index (χ0n) is 16.3. The molecule has 1 aromatic carbocycles. The van der Waals surface area contributed by atoms with E-state index in [2.05, 4.69) is 13.8 Å². The van der Waals surface area contributed by atoms with E-state index in [0.29, 0.717) is 36.9 Å². The fraction of sp³-hybridized carbons (Fsp3) is 0.571. The van der Waals surface area contributed by atoms with Crippen LogP contribution in [0.3, 0.4) is 0 Å². The van der Waals surface area contributed by atoms with Crippen molar-refractivity contribution in [1.82, 2.24) is 4.57 Å². The Morgan fingerprint density at radius 2 is 1.62 bits per heavy atom. The number of anilines is 1. The lowest BCUT2D eigenvalue weighted by atomic mass is 10.1. The van der Waals surface area contributed by atoms with Gasteiger partial charge >= 0.3 is 0 Å². The molecule has 0 aliphatic heterocycles. The van der Waals surface area contributed by atoms with Gasteiger partial charge in [0.25, 0.3) is 5.56 Å². The molecule has 0 saturated heterocycles. The van der Waals surface area contributed by atoms with Gasteiger partial charge in [0, 0.05) is 17.6 Å². The van der Waals surface area contributed by atoms with Gasteiger partial charge in [-0.2, -0.15) is 0 Å². The van der Waals surface area contributed by atoms with Crippen LogP contribution < -0.4 is 20.8 Å². The standard InChI is InChI=1S/C21H32N2O3/c1-4-7-9-10-14-26-20-19(25-13-8-5-2)17-12-11-16(22)15-18(17)23(6-3)21(20)24/h11-12,15H,4-10,13-14,22H2,1-3H3. The van der Waals surface area contributed by atoms with Gasteiger partial charge in [-0.25, -0.2) is 0 Å². The molecule has 0 aliphatic rings. The minimum atomic E-state index is -0.146. The monoisotopic (exact) mass is 360 g/mol. The number of pyridine rings is 1. The lowest BCUT2D eigenvalue weighted by Crippen LogP contribution is -2.23. The minimum absolute atomic E-state index is 0.146. The summed E-state index contributed by atoms with van der Waals surface area (Å²) in [5.74, 6) is 0.885. The number of fused-ring (bicyclic) bond motifs is 1. The molecule has 5 heteroatoms. The Morgan fingerprint density at radius 1 is 0.923 bits per heavy atom. The first-order valence-electron chi connectivity index (χ1n) is 9.85. The molecular weight excluding hydrogens is 328 g/mol. The van der Waals surface area contributed by atoms with Crippen molar-refractivity contribution >= 4 is 16.6 Å². The highest BCUT2D eigenvalue weighted by molar-refractivity contribution is 5.90. The van der Waals surface area contributed by atoms with E-state index in [1.165, 1.54) is 12.8 Å². The number of nitrogens with two attached hydrogens (primary N) is 1. The Labute approximate surface area is 156 Å². The number of nitrogen functional groups attached to an aromatic ring is 1. The van der Waals surface area contributed by atoms with Gasteiger partial charge in [-0.15, -0.1) is 0 Å². The molecule has 26 heavy (non-hydrogen) atoms. The van der Waals surface area contributed by atoms with E-state index in [1.54, 1.807) is 4.57 Å². The van der Waals surface area contributed by atoms with Crippen LogP contribution in [0.4, 0.5) is 5.69 Å². The molecule has 144 valence electrons. The summed E-state index contributed by atoms with van der Waals surface area (Å²) in [7, 11) is 0. The average molecular weight is 360 g/mol. The molecule has 0 atom stereocenters. The van der Waals surface area contributed by atoms with E-state index in [4.69, 9.17) is 15.2 Å². The second-order valence-corrected chi connectivity index (χ2v) is 6.60. The number of aromatic nitrogens is 1. The van der Waals surface area contributed by atoms with Gasteiger partial charge < -0.3 is 19.8 Å². The van der Waals surface area contributed by atoms with Crippen molar-refractivity contribution in [1.29, 1.82) is 0 Å². The lowest BCUT2D eigenvalue weighted by molar-refractivity contribution is 0.258. The second kappa shape index (κ2) is 10.1. The van der Waals surface area contributed by atoms with Crippen molar-refractivity contribution in [2.75, 3.05) is 18.9 Å². The zero-order chi connectivity index (χ0) is 18.9. The largest absolute Gasteiger partial charge is 0.489 e. The summed E-state index contributed by atoms with van der Waals surface area (Å²) >= 11 is 0. The molecule has 0 unspecified atom stereocenters. The number of benzene rings is 1. The van der Waals surface area contributed by atoms with Gasteiger partial charge in [-0.3, -0.25) is 4.79 Å². The quantitative estimate of drug-likeness (QED) is 0.464. The van der Waals surface area contributed by atoms with Crippen LogP contribution in [0.5, 0.6) is 11.5 Å². The van der Waals surface area contributed by atoms with Gasteiger partial charge in [0.05, 0.1) is 18.7 Å². The number of ether oxygens (including phenoxy) is 2. The highest BCUT2D eigenvalue weighted by atomic mass is 16.5. The van der Waals surface area contributed by atoms with Crippen LogP contribution >= 0.6 is 0 Å². The molecule has 2 N–H and O–H groups in total. The van der Waals surface area contributed by atoms with Crippen molar-refractivity contribution in [3.63, 3.8) is 0 Å². The Balaban J connectivity index is 2.45. The number of rotatable bonds is 11. The summed E-state index contributed by atoms with van der Waals surface area (Å²) in [5.41, 5.74) is 7.23. The van der Waals surface area contributed by atoms with Crippen molar-refractivity contribution in [3.8, 4) is 11.5 Å². The first kappa shape index (κ1) is 20.1. The molecule has 5 nitrogen and oxygen atoms in total. The maximum atomic E-state index is 13.0. The Morgan fingerprint density at radius 3 is 2.31 bits per heavy atom. The molecule has 2 aromatic rings. The summed E-state index contributed by atoms with van der Waals surface area (Å²) in [4.78, 5) is 13.0. The summed E-state index contributed by atoms with van der Waals surface area (Å²) in [5, 5.41) is 0.875. The Kier molecular flexibility index (Phi) is 7.82. The molecule has 1 aromatic heterocycles. The van der Waals surface area contributed by atoms with Gasteiger partial charge in [0.1, 0.15) is 0 Å². The number of nitrogens with zero attached hydrogens (tertiary/aromatic N) is 1. The maximum Gasteiger partial charge on any atom is 0.297 e. The summed E-state index contributed by atoms with van der Waals surface area (Å²) < 4.78 is 13.7. The van der Waals surface area contributed by atoms with Crippen LogP contribution in [-0.4, -0.2) is 17.8 Å². The molecule has 0 radical (unpaired) electrons. The average Bonchev–Trinajstić information content (AvgIpc) is 2.63. The molecule has 0 fully saturated rings. The van der Waals surface area contributed by atoms with Crippen LogP contribution in [0.1, 0.15) is 59.3 Å². The predicted molar refractivity (Wildman–Crippen MR) is 108 cm³/mol. The minimum Gasteiger partial charge on any atom is -0.489 e. The van der Waals surface area contributed by atoms with Crippen LogP contribution in [0, 0.1) is 0 Å². The first-order valence-corrected chi connectivity index (χ1v) is 9.85. The fourth-order valence-corrected chi connectivity index (χ4v) is 3.02. The van der Waals surface area contributed by atoms with Crippen molar-refractivity contribution in [2.24, 2.45) is 0 Å². The van der Waals surface area contributed by atoms with Gasteiger partial charge in [-0.1, -0.05) is 39.5 Å². The molecule has 0 aliphatic carbocycles. The smallest absolute Gasteiger partial charge is 0.297 e. The maximum absolute atomic E-state index is 13.0. The summed E-state index contributed by atoms with van der Waals surface area (Å²) in [6, 6.07) is 5.59. The van der Waals surface area contributed by atoms with Crippen molar-refractivity contribution in [2.45, 2.75) is 65.8 Å². The third kappa shape index (κ3) is 4.71. The number of aryl methyl sites for hydroxylation is 1. The Hall–Kier alpha value is -2.17. The van der Waals surface area contributed by atoms with E-state index < -0.39 is 0 Å². The molecule has 2 rings (SSSR count). The van der Waals surface area contributed by atoms with E-state index >= 15 is 0 Å². The molecule has 0 bridgehead atoms. The third-order valence-corrected chi connectivity index (χ3v) is 4.51. The SMILES string of the molecule is CCCCCCOc1c(OCCCC)c2ccc(N)cc2n(CC)c1=O. The predicted octanol–water partition coefficient (Wildman–Crippen LogP) is 4.74. The summed E-state index contributed by atoms with van der Waals surface area (Å²) in [6.45, 7) is 7.89. The second-order valence-electron chi connectivity index (χ2n) is 6.60. The van der Waals surface area contributed by atoms with Crippen LogP contribution in [0.25, 0.3) is 10.9 Å². The van der Waals surface area contributed by atoms with Crippen molar-refractivity contribution < 1.29 is 9.47 Å². The van der Waals surface area contributed by atoms with E-state index in [0.717, 1.165) is 36.6 Å². The Bertz CT molecular complexity index is 768. The van der Waals surface area contributed by atoms with Crippen molar-refractivity contribution in [3.05, 3.63) is 28.6 Å². The highest BCUT2D eigenvalue weighted by Gasteiger charge is 2.19. The van der Waals surface area contributed by atoms with Gasteiger partial charge in [-0.05, 0) is 38.0 Å². The third-order valence-electron chi connectivity index (χ3n) is 4.51. The number of unbranched alkanes of at least 4 members (excludes halogenated alkanes) is 4. The fourth-order valence-electron chi connectivity index (χ4n) is 3.02. The summed E-state index contributed by atoms with van der Waals surface area (Å²) in [6.07, 6.45) is 6.36. The molecule has 0 spiro atoms.